The van der Waals surface area contributed by atoms with E-state index in [1.54, 1.807) is 0 Å². The second kappa shape index (κ2) is 3.77. The molecule has 0 aliphatic carbocycles. The largest absolute Gasteiger partial charge is 0.467 e. The lowest BCUT2D eigenvalue weighted by molar-refractivity contribution is -0.141. The minimum atomic E-state index is -0.326. The molecule has 0 amide bonds. The van der Waals surface area contributed by atoms with E-state index < -0.39 is 0 Å². The molecule has 0 spiro atoms. The van der Waals surface area contributed by atoms with Crippen molar-refractivity contribution in [2.24, 2.45) is 10.9 Å². The van der Waals surface area contributed by atoms with E-state index >= 15 is 0 Å². The molecule has 0 saturated carbocycles. The Morgan fingerprint density at radius 1 is 1.69 bits per heavy atom. The lowest BCUT2D eigenvalue weighted by Crippen LogP contribution is -2.30. The third-order valence-electron chi connectivity index (χ3n) is 2.12. The summed E-state index contributed by atoms with van der Waals surface area (Å²) in [6.45, 7) is 4.77. The van der Waals surface area contributed by atoms with Crippen molar-refractivity contribution in [2.75, 3.05) is 20.7 Å². The molecule has 1 heterocycles. The van der Waals surface area contributed by atoms with Crippen LogP contribution < -0.4 is 0 Å². The van der Waals surface area contributed by atoms with Crippen LogP contribution in [0.1, 0.15) is 13.8 Å². The Bertz CT molecular complexity index is 236. The van der Waals surface area contributed by atoms with Crippen molar-refractivity contribution in [3.05, 3.63) is 0 Å². The third kappa shape index (κ3) is 1.99. The highest BCUT2D eigenvalue weighted by Gasteiger charge is 2.29. The number of methoxy groups -OCH3 is 1. The van der Waals surface area contributed by atoms with Crippen LogP contribution >= 0.6 is 0 Å². The van der Waals surface area contributed by atoms with Crippen molar-refractivity contribution in [1.29, 1.82) is 0 Å². The smallest absolute Gasteiger partial charge is 0.332 e. The predicted octanol–water partition coefficient (Wildman–Crippen LogP) is 0.528. The lowest BCUT2D eigenvalue weighted by Gasteiger charge is -2.16. The molecule has 74 valence electrons. The molecule has 1 aliphatic rings. The Kier molecular flexibility index (Phi) is 2.90. The summed E-state index contributed by atoms with van der Waals surface area (Å²) in [6, 6.07) is -0.326. The molecule has 0 fully saturated rings. The van der Waals surface area contributed by atoms with Crippen molar-refractivity contribution < 1.29 is 9.53 Å². The van der Waals surface area contributed by atoms with Crippen molar-refractivity contribution in [3.63, 3.8) is 0 Å². The second-order valence-corrected chi connectivity index (χ2v) is 3.56. The maximum absolute atomic E-state index is 11.2. The van der Waals surface area contributed by atoms with Crippen LogP contribution in [0.3, 0.4) is 0 Å². The van der Waals surface area contributed by atoms with Gasteiger partial charge in [0.15, 0.2) is 6.04 Å². The summed E-state index contributed by atoms with van der Waals surface area (Å²) in [7, 11) is 3.34. The van der Waals surface area contributed by atoms with E-state index in [0.29, 0.717) is 12.5 Å². The van der Waals surface area contributed by atoms with Crippen molar-refractivity contribution in [3.8, 4) is 0 Å². The van der Waals surface area contributed by atoms with Crippen LogP contribution in [0, 0.1) is 5.92 Å². The zero-order valence-corrected chi connectivity index (χ0v) is 8.57. The molecule has 0 aromatic rings. The van der Waals surface area contributed by atoms with Gasteiger partial charge in [0.25, 0.3) is 0 Å². The van der Waals surface area contributed by atoms with Gasteiger partial charge in [-0.15, -0.1) is 0 Å². The van der Waals surface area contributed by atoms with Crippen molar-refractivity contribution in [1.82, 2.24) is 4.90 Å². The average Bonchev–Trinajstić information content (AvgIpc) is 2.46. The van der Waals surface area contributed by atoms with E-state index in [1.807, 2.05) is 11.9 Å². The van der Waals surface area contributed by atoms with Crippen LogP contribution in [0.15, 0.2) is 4.99 Å². The Hall–Kier alpha value is -1.06. The molecule has 1 aliphatic heterocycles. The predicted molar refractivity (Wildman–Crippen MR) is 50.7 cm³/mol. The van der Waals surface area contributed by atoms with Gasteiger partial charge in [0.2, 0.25) is 0 Å². The highest BCUT2D eigenvalue weighted by Crippen LogP contribution is 2.13. The van der Waals surface area contributed by atoms with Gasteiger partial charge in [-0.05, 0) is 0 Å². The van der Waals surface area contributed by atoms with Gasteiger partial charge in [-0.1, -0.05) is 13.8 Å². The molecular formula is C9H16N2O2. The van der Waals surface area contributed by atoms with Gasteiger partial charge in [-0.25, -0.2) is 4.79 Å². The first-order chi connectivity index (χ1) is 6.06. The monoisotopic (exact) mass is 184 g/mol. The van der Waals surface area contributed by atoms with Crippen LogP contribution in [-0.4, -0.2) is 43.4 Å². The second-order valence-electron chi connectivity index (χ2n) is 3.56. The number of carbonyl (C=O) groups excluding carboxylic acids is 1. The van der Waals surface area contributed by atoms with E-state index in [4.69, 9.17) is 0 Å². The fourth-order valence-electron chi connectivity index (χ4n) is 1.51. The molecule has 13 heavy (non-hydrogen) atoms. The maximum Gasteiger partial charge on any atom is 0.332 e. The topological polar surface area (TPSA) is 41.9 Å². The fraction of sp³-hybridized carbons (Fsp3) is 0.778. The number of aliphatic imine (C=N–C) groups is 1. The number of amidine groups is 1. The molecular weight excluding hydrogens is 168 g/mol. The molecule has 1 unspecified atom stereocenters. The summed E-state index contributed by atoms with van der Waals surface area (Å²) in [5.74, 6) is 1.09. The van der Waals surface area contributed by atoms with Gasteiger partial charge < -0.3 is 9.64 Å². The average molecular weight is 184 g/mol. The Balaban J connectivity index is 2.71. The lowest BCUT2D eigenvalue weighted by atomic mass is 10.2. The van der Waals surface area contributed by atoms with Crippen molar-refractivity contribution in [2.45, 2.75) is 19.9 Å². The number of hydrogen-bond acceptors (Lipinski definition) is 4. The van der Waals surface area contributed by atoms with Crippen LogP contribution in [0.4, 0.5) is 0 Å². The molecule has 4 nitrogen and oxygen atoms in total. The van der Waals surface area contributed by atoms with Crippen molar-refractivity contribution >= 4 is 11.8 Å². The standard InChI is InChI=1S/C9H16N2O2/c1-6(2)8-10-7(5-11(8)3)9(12)13-4/h6-7H,5H2,1-4H3. The number of carbonyl (C=O) groups is 1. The SMILES string of the molecule is COC(=O)C1CN(C)C(C(C)C)=N1. The van der Waals surface area contributed by atoms with Gasteiger partial charge >= 0.3 is 5.97 Å². The van der Waals surface area contributed by atoms with Gasteiger partial charge in [-0.3, -0.25) is 4.99 Å². The molecule has 0 N–H and O–H groups in total. The summed E-state index contributed by atoms with van der Waals surface area (Å²) in [5.41, 5.74) is 0. The first-order valence-corrected chi connectivity index (χ1v) is 4.43. The molecule has 0 bridgehead atoms. The summed E-state index contributed by atoms with van der Waals surface area (Å²) in [4.78, 5) is 17.5. The van der Waals surface area contributed by atoms with Crippen LogP contribution in [0.25, 0.3) is 0 Å². The molecule has 0 aromatic carbocycles. The Morgan fingerprint density at radius 2 is 2.31 bits per heavy atom. The van der Waals surface area contributed by atoms with Crippen LogP contribution in [-0.2, 0) is 9.53 Å². The number of esters is 1. The van der Waals surface area contributed by atoms with E-state index in [1.165, 1.54) is 7.11 Å². The molecule has 0 aromatic heterocycles. The Morgan fingerprint density at radius 3 is 2.69 bits per heavy atom. The fourth-order valence-corrected chi connectivity index (χ4v) is 1.51. The molecule has 1 atom stereocenters. The number of ether oxygens (including phenoxy) is 1. The van der Waals surface area contributed by atoms with Crippen LogP contribution in [0.2, 0.25) is 0 Å². The van der Waals surface area contributed by atoms with E-state index in [2.05, 4.69) is 23.6 Å². The summed E-state index contributed by atoms with van der Waals surface area (Å²) in [6.07, 6.45) is 0. The Labute approximate surface area is 78.6 Å². The first kappa shape index (κ1) is 10.0. The summed E-state index contributed by atoms with van der Waals surface area (Å²) < 4.78 is 4.64. The van der Waals surface area contributed by atoms with E-state index in [-0.39, 0.29) is 12.0 Å². The third-order valence-corrected chi connectivity index (χ3v) is 2.12. The minimum absolute atomic E-state index is 0.248. The first-order valence-electron chi connectivity index (χ1n) is 4.43. The van der Waals surface area contributed by atoms with E-state index in [9.17, 15) is 4.79 Å². The number of rotatable bonds is 2. The van der Waals surface area contributed by atoms with Gasteiger partial charge in [0, 0.05) is 13.0 Å². The minimum Gasteiger partial charge on any atom is -0.467 e. The van der Waals surface area contributed by atoms with E-state index in [0.717, 1.165) is 5.84 Å². The highest BCUT2D eigenvalue weighted by atomic mass is 16.5. The van der Waals surface area contributed by atoms with Gasteiger partial charge in [0.1, 0.15) is 5.84 Å². The number of likely N-dealkylation sites (N-methyl/N-ethyl adjacent to an activating group) is 1. The molecule has 1 rings (SSSR count). The summed E-state index contributed by atoms with van der Waals surface area (Å²) >= 11 is 0. The molecule has 4 heteroatoms. The highest BCUT2D eigenvalue weighted by molar-refractivity contribution is 5.90. The van der Waals surface area contributed by atoms with Gasteiger partial charge in [0.05, 0.1) is 13.7 Å². The number of nitrogens with zero attached hydrogens (tertiary/aromatic N) is 2. The molecule has 0 saturated heterocycles. The molecule has 0 radical (unpaired) electrons. The maximum atomic E-state index is 11.2. The van der Waals surface area contributed by atoms with Gasteiger partial charge in [-0.2, -0.15) is 0 Å². The quantitative estimate of drug-likeness (QED) is 0.588. The normalized spacial score (nSPS) is 22.1. The zero-order chi connectivity index (χ0) is 10.0. The van der Waals surface area contributed by atoms with Crippen LogP contribution in [0.5, 0.6) is 0 Å². The number of hydrogen-bond donors (Lipinski definition) is 0. The zero-order valence-electron chi connectivity index (χ0n) is 8.57. The summed E-state index contributed by atoms with van der Waals surface area (Å²) in [5, 5.41) is 0.